The molecule has 2 aromatic rings. The van der Waals surface area contributed by atoms with Crippen molar-refractivity contribution in [2.45, 2.75) is 25.1 Å². The van der Waals surface area contributed by atoms with E-state index < -0.39 is 15.5 Å². The highest BCUT2D eigenvalue weighted by Crippen LogP contribution is 2.30. The van der Waals surface area contributed by atoms with Crippen molar-refractivity contribution in [2.75, 3.05) is 6.26 Å². The topological polar surface area (TPSA) is 46.2 Å². The summed E-state index contributed by atoms with van der Waals surface area (Å²) in [5, 5.41) is 4.06. The molecule has 0 spiro atoms. The Bertz CT molecular complexity index is 773. The fourth-order valence-corrected chi connectivity index (χ4v) is 2.85. The van der Waals surface area contributed by atoms with Gasteiger partial charge in [0.05, 0.1) is 0 Å². The first-order valence-corrected chi connectivity index (χ1v) is 9.70. The van der Waals surface area contributed by atoms with E-state index in [2.05, 4.69) is 5.32 Å². The van der Waals surface area contributed by atoms with Gasteiger partial charge in [0.2, 0.25) is 5.91 Å². The standard InChI is InChI=1S/C18H19Cl2NO2S/c1-18(2,24(3)23)17(22)21-11-15-14(5-4-6-16(15)20)12-7-9-13(19)10-8-12/h4-10H,11H2,1-3H3,(H,21,22). The SMILES string of the molecule is CS(=O)C(C)(C)C(=O)NCc1c(Cl)cccc1-c1ccc(Cl)cc1. The Morgan fingerprint density at radius 1 is 1.12 bits per heavy atom. The third-order valence-electron chi connectivity index (χ3n) is 3.97. The lowest BCUT2D eigenvalue weighted by Gasteiger charge is -2.21. The molecule has 128 valence electrons. The lowest BCUT2D eigenvalue weighted by Crippen LogP contribution is -2.44. The molecule has 2 aromatic carbocycles. The molecule has 1 unspecified atom stereocenters. The van der Waals surface area contributed by atoms with E-state index in [-0.39, 0.29) is 12.5 Å². The minimum absolute atomic E-state index is 0.261. The maximum absolute atomic E-state index is 12.3. The van der Waals surface area contributed by atoms with Crippen molar-refractivity contribution in [3.63, 3.8) is 0 Å². The molecule has 1 atom stereocenters. The molecule has 0 aliphatic carbocycles. The first-order valence-electron chi connectivity index (χ1n) is 7.38. The number of carbonyl (C=O) groups is 1. The first-order chi connectivity index (χ1) is 11.2. The van der Waals surface area contributed by atoms with E-state index in [1.807, 2.05) is 36.4 Å². The van der Waals surface area contributed by atoms with Gasteiger partial charge in [-0.3, -0.25) is 9.00 Å². The van der Waals surface area contributed by atoms with E-state index in [4.69, 9.17) is 23.2 Å². The molecule has 2 rings (SSSR count). The van der Waals surface area contributed by atoms with E-state index >= 15 is 0 Å². The third kappa shape index (κ3) is 4.18. The van der Waals surface area contributed by atoms with Gasteiger partial charge in [-0.25, -0.2) is 0 Å². The number of carbonyl (C=O) groups excluding carboxylic acids is 1. The molecule has 24 heavy (non-hydrogen) atoms. The molecule has 0 fully saturated rings. The van der Waals surface area contributed by atoms with Gasteiger partial charge in [0.25, 0.3) is 0 Å². The summed E-state index contributed by atoms with van der Waals surface area (Å²) in [5.74, 6) is -0.273. The Kier molecular flexibility index (Phi) is 6.07. The van der Waals surface area contributed by atoms with Gasteiger partial charge in [-0.15, -0.1) is 0 Å². The second-order valence-corrected chi connectivity index (χ2v) is 8.69. The highest BCUT2D eigenvalue weighted by molar-refractivity contribution is 7.86. The minimum atomic E-state index is -1.27. The second-order valence-electron chi connectivity index (χ2n) is 5.92. The molecule has 0 aliphatic rings. The van der Waals surface area contributed by atoms with Gasteiger partial charge in [0.15, 0.2) is 0 Å². The summed E-state index contributed by atoms with van der Waals surface area (Å²) in [7, 11) is -1.27. The maximum atomic E-state index is 12.3. The number of hydrogen-bond donors (Lipinski definition) is 1. The smallest absolute Gasteiger partial charge is 0.238 e. The Hall–Kier alpha value is -1.36. The molecule has 1 N–H and O–H groups in total. The van der Waals surface area contributed by atoms with Crippen LogP contribution in [0.15, 0.2) is 42.5 Å². The van der Waals surface area contributed by atoms with Crippen LogP contribution in [0.3, 0.4) is 0 Å². The monoisotopic (exact) mass is 383 g/mol. The van der Waals surface area contributed by atoms with Crippen molar-refractivity contribution >= 4 is 39.9 Å². The number of nitrogens with one attached hydrogen (secondary N) is 1. The zero-order chi connectivity index (χ0) is 17.9. The van der Waals surface area contributed by atoms with E-state index in [9.17, 15) is 9.00 Å². The van der Waals surface area contributed by atoms with Crippen molar-refractivity contribution in [2.24, 2.45) is 0 Å². The zero-order valence-electron chi connectivity index (χ0n) is 13.7. The zero-order valence-corrected chi connectivity index (χ0v) is 16.1. The van der Waals surface area contributed by atoms with Gasteiger partial charge >= 0.3 is 0 Å². The van der Waals surface area contributed by atoms with Crippen LogP contribution in [0.5, 0.6) is 0 Å². The van der Waals surface area contributed by atoms with Crippen molar-refractivity contribution in [1.82, 2.24) is 5.32 Å². The molecule has 0 radical (unpaired) electrons. The summed E-state index contributed by atoms with van der Waals surface area (Å²) in [6.45, 7) is 3.58. The fraction of sp³-hybridized carbons (Fsp3) is 0.278. The van der Waals surface area contributed by atoms with Crippen molar-refractivity contribution in [3.05, 3.63) is 58.1 Å². The van der Waals surface area contributed by atoms with Crippen molar-refractivity contribution < 1.29 is 9.00 Å². The maximum Gasteiger partial charge on any atom is 0.238 e. The van der Waals surface area contributed by atoms with Crippen LogP contribution in [-0.2, 0) is 22.1 Å². The molecule has 1 amide bonds. The molecule has 0 heterocycles. The molecule has 0 saturated carbocycles. The average molecular weight is 384 g/mol. The summed E-state index contributed by atoms with van der Waals surface area (Å²) in [6, 6.07) is 13.0. The van der Waals surface area contributed by atoms with Gasteiger partial charge in [0, 0.05) is 33.6 Å². The molecule has 0 aliphatic heterocycles. The lowest BCUT2D eigenvalue weighted by molar-refractivity contribution is -0.122. The summed E-state index contributed by atoms with van der Waals surface area (Å²) in [4.78, 5) is 12.3. The van der Waals surface area contributed by atoms with Gasteiger partial charge in [-0.1, -0.05) is 47.5 Å². The van der Waals surface area contributed by atoms with Crippen LogP contribution in [0.4, 0.5) is 0 Å². The molecule has 3 nitrogen and oxygen atoms in total. The molecule has 0 saturated heterocycles. The molecular formula is C18H19Cl2NO2S. The Balaban J connectivity index is 2.29. The van der Waals surface area contributed by atoms with Crippen LogP contribution in [0.1, 0.15) is 19.4 Å². The quantitative estimate of drug-likeness (QED) is 0.829. The number of rotatable bonds is 5. The molecule has 0 bridgehead atoms. The van der Waals surface area contributed by atoms with Crippen LogP contribution in [0.2, 0.25) is 10.0 Å². The van der Waals surface area contributed by atoms with Crippen LogP contribution in [-0.4, -0.2) is 21.1 Å². The summed E-state index contributed by atoms with van der Waals surface area (Å²) >= 11 is 12.3. The predicted molar refractivity (Wildman–Crippen MR) is 102 cm³/mol. The third-order valence-corrected chi connectivity index (χ3v) is 6.19. The molecule has 6 heteroatoms. The largest absolute Gasteiger partial charge is 0.351 e. The lowest BCUT2D eigenvalue weighted by atomic mass is 9.99. The van der Waals surface area contributed by atoms with Crippen LogP contribution < -0.4 is 5.32 Å². The van der Waals surface area contributed by atoms with Crippen molar-refractivity contribution in [1.29, 1.82) is 0 Å². The second kappa shape index (κ2) is 7.68. The normalized spacial score (nSPS) is 12.7. The number of halogens is 2. The highest BCUT2D eigenvalue weighted by atomic mass is 35.5. The van der Waals surface area contributed by atoms with Crippen LogP contribution in [0, 0.1) is 0 Å². The number of hydrogen-bond acceptors (Lipinski definition) is 2. The summed E-state index contributed by atoms with van der Waals surface area (Å²) in [6.07, 6.45) is 1.52. The van der Waals surface area contributed by atoms with Gasteiger partial charge in [0.1, 0.15) is 4.75 Å². The van der Waals surface area contributed by atoms with E-state index in [1.165, 1.54) is 6.26 Å². The van der Waals surface area contributed by atoms with Crippen molar-refractivity contribution in [3.8, 4) is 11.1 Å². The Morgan fingerprint density at radius 2 is 1.75 bits per heavy atom. The van der Waals surface area contributed by atoms with E-state index in [0.717, 1.165) is 16.7 Å². The van der Waals surface area contributed by atoms with E-state index in [1.54, 1.807) is 19.9 Å². The Morgan fingerprint density at radius 3 is 2.33 bits per heavy atom. The molecular weight excluding hydrogens is 365 g/mol. The minimum Gasteiger partial charge on any atom is -0.351 e. The van der Waals surface area contributed by atoms with Crippen LogP contribution >= 0.6 is 23.2 Å². The van der Waals surface area contributed by atoms with E-state index in [0.29, 0.717) is 10.0 Å². The molecule has 0 aromatic heterocycles. The summed E-state index contributed by atoms with van der Waals surface area (Å²) in [5.41, 5.74) is 2.70. The number of amides is 1. The average Bonchev–Trinajstić information content (AvgIpc) is 2.53. The fourth-order valence-electron chi connectivity index (χ4n) is 2.15. The van der Waals surface area contributed by atoms with Gasteiger partial charge in [-0.05, 0) is 48.7 Å². The predicted octanol–water partition coefficient (Wildman–Crippen LogP) is 4.43. The summed E-state index contributed by atoms with van der Waals surface area (Å²) < 4.78 is 10.8. The Labute approximate surface area is 154 Å². The van der Waals surface area contributed by atoms with Gasteiger partial charge in [-0.2, -0.15) is 0 Å². The van der Waals surface area contributed by atoms with Gasteiger partial charge < -0.3 is 5.32 Å². The first kappa shape index (κ1) is 19.0. The van der Waals surface area contributed by atoms with Crippen LogP contribution in [0.25, 0.3) is 11.1 Å². The number of benzene rings is 2. The highest BCUT2D eigenvalue weighted by Gasteiger charge is 2.31.